The Balaban J connectivity index is 1.77. The summed E-state index contributed by atoms with van der Waals surface area (Å²) in [4.78, 5) is 17.4. The highest BCUT2D eigenvalue weighted by Crippen LogP contribution is 2.17. The summed E-state index contributed by atoms with van der Waals surface area (Å²) in [7, 11) is -1.17. The normalized spacial score (nSPS) is 20.6. The van der Waals surface area contributed by atoms with Crippen molar-refractivity contribution in [1.29, 1.82) is 0 Å². The van der Waals surface area contributed by atoms with Crippen LogP contribution >= 0.6 is 0 Å². The number of nitrogens with one attached hydrogen (secondary N) is 1. The highest BCUT2D eigenvalue weighted by atomic mass is 32.2. The van der Waals surface area contributed by atoms with Crippen LogP contribution in [-0.2, 0) is 16.4 Å². The van der Waals surface area contributed by atoms with Crippen LogP contribution in [0, 0.1) is 5.92 Å². The summed E-state index contributed by atoms with van der Waals surface area (Å²) in [5.74, 6) is 0.458. The Labute approximate surface area is 119 Å². The fourth-order valence-electron chi connectivity index (χ4n) is 2.23. The van der Waals surface area contributed by atoms with Gasteiger partial charge >= 0.3 is 6.03 Å². The SMILES string of the molecule is CN(Cc1ccncc1)C(=O)NC[C@H]1CCS(=O)(=O)C1. The molecule has 0 aliphatic carbocycles. The zero-order valence-electron chi connectivity index (χ0n) is 11.4. The van der Waals surface area contributed by atoms with Crippen LogP contribution in [-0.4, -0.2) is 49.4 Å². The molecule has 1 aliphatic rings. The van der Waals surface area contributed by atoms with Crippen LogP contribution in [0.25, 0.3) is 0 Å². The predicted molar refractivity (Wildman–Crippen MR) is 75.9 cm³/mol. The highest BCUT2D eigenvalue weighted by molar-refractivity contribution is 7.91. The summed E-state index contributed by atoms with van der Waals surface area (Å²) in [6, 6.07) is 3.52. The van der Waals surface area contributed by atoms with Crippen LogP contribution < -0.4 is 5.32 Å². The molecule has 7 heteroatoms. The first kappa shape index (κ1) is 14.8. The van der Waals surface area contributed by atoms with Crippen LogP contribution in [0.2, 0.25) is 0 Å². The molecule has 1 atom stereocenters. The molecule has 1 saturated heterocycles. The van der Waals surface area contributed by atoms with Gasteiger partial charge in [-0.25, -0.2) is 13.2 Å². The summed E-state index contributed by atoms with van der Waals surface area (Å²) in [6.45, 7) is 0.913. The number of hydrogen-bond donors (Lipinski definition) is 1. The zero-order chi connectivity index (χ0) is 14.6. The number of hydrogen-bond acceptors (Lipinski definition) is 4. The Bertz CT molecular complexity index is 559. The van der Waals surface area contributed by atoms with Gasteiger partial charge in [-0.05, 0) is 30.0 Å². The van der Waals surface area contributed by atoms with E-state index in [-0.39, 0.29) is 23.5 Å². The molecule has 2 heterocycles. The van der Waals surface area contributed by atoms with Crippen molar-refractivity contribution in [2.45, 2.75) is 13.0 Å². The Hall–Kier alpha value is -1.63. The average Bonchev–Trinajstić information content (AvgIpc) is 2.76. The van der Waals surface area contributed by atoms with Crippen LogP contribution in [0.1, 0.15) is 12.0 Å². The third kappa shape index (κ3) is 4.19. The van der Waals surface area contributed by atoms with E-state index in [0.29, 0.717) is 19.5 Å². The van der Waals surface area contributed by atoms with Crippen LogP contribution in [0.3, 0.4) is 0 Å². The van der Waals surface area contributed by atoms with E-state index in [1.165, 1.54) is 0 Å². The van der Waals surface area contributed by atoms with Crippen LogP contribution in [0.5, 0.6) is 0 Å². The number of pyridine rings is 1. The third-order valence-corrected chi connectivity index (χ3v) is 5.22. The first-order valence-electron chi connectivity index (χ1n) is 6.54. The van der Waals surface area contributed by atoms with E-state index >= 15 is 0 Å². The van der Waals surface area contributed by atoms with Crippen molar-refractivity contribution < 1.29 is 13.2 Å². The molecule has 110 valence electrons. The Kier molecular flexibility index (Phi) is 4.59. The van der Waals surface area contributed by atoms with E-state index in [2.05, 4.69) is 10.3 Å². The minimum Gasteiger partial charge on any atom is -0.338 e. The van der Waals surface area contributed by atoms with E-state index in [1.807, 2.05) is 12.1 Å². The topological polar surface area (TPSA) is 79.4 Å². The van der Waals surface area contributed by atoms with E-state index in [1.54, 1.807) is 24.3 Å². The zero-order valence-corrected chi connectivity index (χ0v) is 12.3. The maximum Gasteiger partial charge on any atom is 0.317 e. The van der Waals surface area contributed by atoms with E-state index in [4.69, 9.17) is 0 Å². The average molecular weight is 297 g/mol. The second-order valence-electron chi connectivity index (χ2n) is 5.17. The lowest BCUT2D eigenvalue weighted by molar-refractivity contribution is 0.205. The molecule has 0 spiro atoms. The van der Waals surface area contributed by atoms with Gasteiger partial charge in [-0.3, -0.25) is 4.98 Å². The van der Waals surface area contributed by atoms with Gasteiger partial charge in [0, 0.05) is 32.5 Å². The van der Waals surface area contributed by atoms with Crippen molar-refractivity contribution in [3.05, 3.63) is 30.1 Å². The number of amides is 2. The summed E-state index contributed by atoms with van der Waals surface area (Å²) in [6.07, 6.45) is 4.01. The van der Waals surface area contributed by atoms with E-state index in [0.717, 1.165) is 5.56 Å². The Morgan fingerprint density at radius 3 is 2.75 bits per heavy atom. The fourth-order valence-corrected chi connectivity index (χ4v) is 4.10. The number of sulfone groups is 1. The summed E-state index contributed by atoms with van der Waals surface area (Å²) < 4.78 is 22.7. The van der Waals surface area contributed by atoms with Gasteiger partial charge in [-0.15, -0.1) is 0 Å². The number of carbonyl (C=O) groups is 1. The van der Waals surface area contributed by atoms with Gasteiger partial charge in [0.25, 0.3) is 0 Å². The lowest BCUT2D eigenvalue weighted by Gasteiger charge is -2.19. The van der Waals surface area contributed by atoms with Gasteiger partial charge in [0.05, 0.1) is 11.5 Å². The van der Waals surface area contributed by atoms with Gasteiger partial charge in [-0.1, -0.05) is 0 Å². The number of rotatable bonds is 4. The second kappa shape index (κ2) is 6.21. The van der Waals surface area contributed by atoms with Crippen molar-refractivity contribution in [2.75, 3.05) is 25.1 Å². The van der Waals surface area contributed by atoms with Gasteiger partial charge in [0.15, 0.2) is 9.84 Å². The molecule has 0 aromatic carbocycles. The lowest BCUT2D eigenvalue weighted by Crippen LogP contribution is -2.39. The Morgan fingerprint density at radius 1 is 1.45 bits per heavy atom. The van der Waals surface area contributed by atoms with Crippen molar-refractivity contribution in [1.82, 2.24) is 15.2 Å². The van der Waals surface area contributed by atoms with Crippen molar-refractivity contribution in [3.63, 3.8) is 0 Å². The molecule has 0 radical (unpaired) electrons. The minimum atomic E-state index is -2.88. The van der Waals surface area contributed by atoms with Gasteiger partial charge in [0.2, 0.25) is 0 Å². The first-order valence-corrected chi connectivity index (χ1v) is 8.37. The molecule has 1 aromatic heterocycles. The fraction of sp³-hybridized carbons (Fsp3) is 0.538. The molecular weight excluding hydrogens is 278 g/mol. The molecule has 6 nitrogen and oxygen atoms in total. The molecule has 1 fully saturated rings. The molecule has 1 aromatic rings. The molecule has 0 saturated carbocycles. The second-order valence-corrected chi connectivity index (χ2v) is 7.40. The quantitative estimate of drug-likeness (QED) is 0.885. The number of carbonyl (C=O) groups excluding carboxylic acids is 1. The molecule has 2 amide bonds. The van der Waals surface area contributed by atoms with Crippen LogP contribution in [0.4, 0.5) is 4.79 Å². The molecule has 0 bridgehead atoms. The van der Waals surface area contributed by atoms with Crippen molar-refractivity contribution >= 4 is 15.9 Å². The van der Waals surface area contributed by atoms with E-state index in [9.17, 15) is 13.2 Å². The maximum atomic E-state index is 11.9. The predicted octanol–water partition coefficient (Wildman–Crippen LogP) is 0.658. The lowest BCUT2D eigenvalue weighted by atomic mass is 10.1. The highest BCUT2D eigenvalue weighted by Gasteiger charge is 2.28. The first-order chi connectivity index (χ1) is 9.46. The maximum absolute atomic E-state index is 11.9. The van der Waals surface area contributed by atoms with Crippen molar-refractivity contribution in [2.24, 2.45) is 5.92 Å². The molecule has 2 rings (SSSR count). The van der Waals surface area contributed by atoms with Gasteiger partial charge in [0.1, 0.15) is 0 Å². The number of urea groups is 1. The molecule has 1 aliphatic heterocycles. The third-order valence-electron chi connectivity index (χ3n) is 3.38. The molecule has 0 unspecified atom stereocenters. The summed E-state index contributed by atoms with van der Waals surface area (Å²) >= 11 is 0. The minimum absolute atomic E-state index is 0.0401. The molecule has 1 N–H and O–H groups in total. The van der Waals surface area contributed by atoms with Gasteiger partial charge < -0.3 is 10.2 Å². The molecule has 20 heavy (non-hydrogen) atoms. The Morgan fingerprint density at radius 2 is 2.15 bits per heavy atom. The summed E-state index contributed by atoms with van der Waals surface area (Å²) in [5.41, 5.74) is 1.00. The van der Waals surface area contributed by atoms with E-state index < -0.39 is 9.84 Å². The largest absolute Gasteiger partial charge is 0.338 e. The smallest absolute Gasteiger partial charge is 0.317 e. The number of aromatic nitrogens is 1. The number of nitrogens with zero attached hydrogens (tertiary/aromatic N) is 2. The van der Waals surface area contributed by atoms with Crippen LogP contribution in [0.15, 0.2) is 24.5 Å². The summed E-state index contributed by atoms with van der Waals surface area (Å²) in [5, 5.41) is 2.79. The van der Waals surface area contributed by atoms with Gasteiger partial charge in [-0.2, -0.15) is 0 Å². The monoisotopic (exact) mass is 297 g/mol. The van der Waals surface area contributed by atoms with Crippen molar-refractivity contribution in [3.8, 4) is 0 Å². The molecular formula is C13H19N3O3S. The standard InChI is InChI=1S/C13H19N3O3S/c1-16(9-11-2-5-14-6-3-11)13(17)15-8-12-4-7-20(18,19)10-12/h2-3,5-6,12H,4,7-10H2,1H3,(H,15,17)/t12-/m1/s1.